The van der Waals surface area contributed by atoms with E-state index >= 15 is 0 Å². The number of hydrogen-bond acceptors (Lipinski definition) is 3. The maximum atomic E-state index is 5.79. The number of nitrogens with two attached hydrogens (primary N) is 1. The molecule has 3 nitrogen and oxygen atoms in total. The normalized spacial score (nSPS) is 20.8. The number of hydrogen-bond donors (Lipinski definition) is 1. The van der Waals surface area contributed by atoms with Gasteiger partial charge in [0.25, 0.3) is 0 Å². The summed E-state index contributed by atoms with van der Waals surface area (Å²) >= 11 is 0. The van der Waals surface area contributed by atoms with E-state index in [9.17, 15) is 0 Å². The first-order chi connectivity index (χ1) is 8.24. The molecule has 1 aliphatic heterocycles. The van der Waals surface area contributed by atoms with E-state index in [-0.39, 0.29) is 0 Å². The van der Waals surface area contributed by atoms with Gasteiger partial charge in [-0.05, 0) is 43.5 Å². The Bertz CT molecular complexity index is 378. The van der Waals surface area contributed by atoms with E-state index in [0.717, 1.165) is 25.4 Å². The van der Waals surface area contributed by atoms with Crippen molar-refractivity contribution in [3.05, 3.63) is 29.3 Å². The van der Waals surface area contributed by atoms with Crippen LogP contribution in [0.4, 0.5) is 0 Å². The average Bonchev–Trinajstić information content (AvgIpc) is 2.79. The van der Waals surface area contributed by atoms with Crippen molar-refractivity contribution in [2.45, 2.75) is 32.4 Å². The third-order valence-corrected chi connectivity index (χ3v) is 3.63. The van der Waals surface area contributed by atoms with Gasteiger partial charge in [-0.15, -0.1) is 0 Å². The highest BCUT2D eigenvalue weighted by Gasteiger charge is 2.22. The summed E-state index contributed by atoms with van der Waals surface area (Å²) in [6, 6.07) is 7.01. The lowest BCUT2D eigenvalue weighted by Gasteiger charge is -2.23. The molecule has 0 aromatic heterocycles. The van der Waals surface area contributed by atoms with Gasteiger partial charge in [-0.25, -0.2) is 0 Å². The lowest BCUT2D eigenvalue weighted by molar-refractivity contribution is 0.250. The van der Waals surface area contributed by atoms with Crippen molar-refractivity contribution in [2.75, 3.05) is 20.2 Å². The summed E-state index contributed by atoms with van der Waals surface area (Å²) in [5.41, 5.74) is 8.29. The standard InChI is InChI=1S/C14H22N2O/c1-11-5-6-12(8-14(11)17-2)10-16-7-3-4-13(16)9-15/h5-6,8,13H,3-4,7,9-10,15H2,1-2H3. The van der Waals surface area contributed by atoms with Gasteiger partial charge < -0.3 is 10.5 Å². The van der Waals surface area contributed by atoms with Gasteiger partial charge in [0.15, 0.2) is 0 Å². The molecule has 0 radical (unpaired) electrons. The molecule has 0 spiro atoms. The molecule has 94 valence electrons. The van der Waals surface area contributed by atoms with E-state index in [0.29, 0.717) is 6.04 Å². The Morgan fingerprint density at radius 3 is 3.00 bits per heavy atom. The van der Waals surface area contributed by atoms with Gasteiger partial charge in [0.05, 0.1) is 7.11 Å². The largest absolute Gasteiger partial charge is 0.496 e. The summed E-state index contributed by atoms with van der Waals surface area (Å²) in [6.45, 7) is 4.99. The Hall–Kier alpha value is -1.06. The molecule has 1 aromatic rings. The predicted molar refractivity (Wildman–Crippen MR) is 70.2 cm³/mol. The molecular formula is C14H22N2O. The molecule has 1 unspecified atom stereocenters. The van der Waals surface area contributed by atoms with Crippen LogP contribution in [0.1, 0.15) is 24.0 Å². The third kappa shape index (κ3) is 2.79. The molecule has 1 aliphatic rings. The zero-order chi connectivity index (χ0) is 12.3. The first kappa shape index (κ1) is 12.4. The molecule has 1 fully saturated rings. The fraction of sp³-hybridized carbons (Fsp3) is 0.571. The topological polar surface area (TPSA) is 38.5 Å². The summed E-state index contributed by atoms with van der Waals surface area (Å²) in [5, 5.41) is 0. The Balaban J connectivity index is 2.08. The number of nitrogens with zero attached hydrogens (tertiary/aromatic N) is 1. The van der Waals surface area contributed by atoms with Crippen LogP contribution >= 0.6 is 0 Å². The SMILES string of the molecule is COc1cc(CN2CCCC2CN)ccc1C. The van der Waals surface area contributed by atoms with Gasteiger partial charge in [0.1, 0.15) is 5.75 Å². The summed E-state index contributed by atoms with van der Waals surface area (Å²) in [5.74, 6) is 0.978. The zero-order valence-corrected chi connectivity index (χ0v) is 10.8. The first-order valence-electron chi connectivity index (χ1n) is 6.32. The first-order valence-corrected chi connectivity index (χ1v) is 6.32. The molecule has 1 atom stereocenters. The third-order valence-electron chi connectivity index (χ3n) is 3.63. The smallest absolute Gasteiger partial charge is 0.122 e. The zero-order valence-electron chi connectivity index (χ0n) is 10.8. The molecule has 0 amide bonds. The molecule has 1 heterocycles. The summed E-state index contributed by atoms with van der Waals surface area (Å²) in [7, 11) is 1.73. The van der Waals surface area contributed by atoms with Gasteiger partial charge in [-0.3, -0.25) is 4.90 Å². The second-order valence-corrected chi connectivity index (χ2v) is 4.81. The van der Waals surface area contributed by atoms with Crippen LogP contribution in [0, 0.1) is 6.92 Å². The maximum Gasteiger partial charge on any atom is 0.122 e. The average molecular weight is 234 g/mol. The number of benzene rings is 1. The fourth-order valence-electron chi connectivity index (χ4n) is 2.57. The molecule has 1 aromatic carbocycles. The van der Waals surface area contributed by atoms with Crippen LogP contribution in [0.25, 0.3) is 0 Å². The second kappa shape index (κ2) is 5.52. The quantitative estimate of drug-likeness (QED) is 0.865. The Morgan fingerprint density at radius 1 is 1.47 bits per heavy atom. The summed E-state index contributed by atoms with van der Waals surface area (Å²) < 4.78 is 5.36. The van der Waals surface area contributed by atoms with Crippen molar-refractivity contribution in [1.82, 2.24) is 4.90 Å². The van der Waals surface area contributed by atoms with E-state index < -0.39 is 0 Å². The van der Waals surface area contributed by atoms with Crippen molar-refractivity contribution >= 4 is 0 Å². The monoisotopic (exact) mass is 234 g/mol. The van der Waals surface area contributed by atoms with Crippen LogP contribution in [0.2, 0.25) is 0 Å². The second-order valence-electron chi connectivity index (χ2n) is 4.81. The fourth-order valence-corrected chi connectivity index (χ4v) is 2.57. The number of aryl methyl sites for hydroxylation is 1. The van der Waals surface area contributed by atoms with Gasteiger partial charge in [0, 0.05) is 19.1 Å². The molecule has 1 saturated heterocycles. The van der Waals surface area contributed by atoms with Crippen LogP contribution in [0.15, 0.2) is 18.2 Å². The maximum absolute atomic E-state index is 5.79. The Morgan fingerprint density at radius 2 is 2.29 bits per heavy atom. The minimum atomic E-state index is 0.558. The van der Waals surface area contributed by atoms with Crippen molar-refractivity contribution in [3.8, 4) is 5.75 Å². The van der Waals surface area contributed by atoms with Gasteiger partial charge in [-0.1, -0.05) is 12.1 Å². The molecule has 17 heavy (non-hydrogen) atoms. The van der Waals surface area contributed by atoms with E-state index in [1.54, 1.807) is 7.11 Å². The summed E-state index contributed by atoms with van der Waals surface area (Å²) in [4.78, 5) is 2.48. The van der Waals surface area contributed by atoms with Crippen LogP contribution in [-0.2, 0) is 6.54 Å². The highest BCUT2D eigenvalue weighted by atomic mass is 16.5. The highest BCUT2D eigenvalue weighted by Crippen LogP contribution is 2.23. The van der Waals surface area contributed by atoms with Crippen molar-refractivity contribution in [3.63, 3.8) is 0 Å². The lowest BCUT2D eigenvalue weighted by Crippen LogP contribution is -2.34. The van der Waals surface area contributed by atoms with Crippen molar-refractivity contribution < 1.29 is 4.74 Å². The van der Waals surface area contributed by atoms with Crippen molar-refractivity contribution in [1.29, 1.82) is 0 Å². The van der Waals surface area contributed by atoms with E-state index in [1.165, 1.54) is 24.0 Å². The van der Waals surface area contributed by atoms with Crippen LogP contribution in [0.5, 0.6) is 5.75 Å². The van der Waals surface area contributed by atoms with Gasteiger partial charge in [0.2, 0.25) is 0 Å². The van der Waals surface area contributed by atoms with Crippen LogP contribution in [0.3, 0.4) is 0 Å². The molecule has 0 bridgehead atoms. The molecule has 2 rings (SSSR count). The van der Waals surface area contributed by atoms with Gasteiger partial charge >= 0.3 is 0 Å². The summed E-state index contributed by atoms with van der Waals surface area (Å²) in [6.07, 6.45) is 2.50. The minimum absolute atomic E-state index is 0.558. The van der Waals surface area contributed by atoms with Gasteiger partial charge in [-0.2, -0.15) is 0 Å². The molecule has 0 aliphatic carbocycles. The van der Waals surface area contributed by atoms with Crippen LogP contribution < -0.4 is 10.5 Å². The van der Waals surface area contributed by atoms with E-state index in [2.05, 4.69) is 30.0 Å². The minimum Gasteiger partial charge on any atom is -0.496 e. The predicted octanol–water partition coefficient (Wildman–Crippen LogP) is 1.93. The van der Waals surface area contributed by atoms with Crippen LogP contribution in [-0.4, -0.2) is 31.1 Å². The highest BCUT2D eigenvalue weighted by molar-refractivity contribution is 5.36. The number of rotatable bonds is 4. The lowest BCUT2D eigenvalue weighted by atomic mass is 10.1. The molecule has 2 N–H and O–H groups in total. The van der Waals surface area contributed by atoms with E-state index in [4.69, 9.17) is 10.5 Å². The molecular weight excluding hydrogens is 212 g/mol. The molecule has 3 heteroatoms. The van der Waals surface area contributed by atoms with Crippen molar-refractivity contribution in [2.24, 2.45) is 5.73 Å². The number of likely N-dealkylation sites (tertiary alicyclic amines) is 1. The van der Waals surface area contributed by atoms with E-state index in [1.807, 2.05) is 0 Å². The number of ether oxygens (including phenoxy) is 1. The molecule has 0 saturated carbocycles. The Labute approximate surface area is 104 Å². The Kier molecular flexibility index (Phi) is 4.02. The number of methoxy groups -OCH3 is 1.